The highest BCUT2D eigenvalue weighted by Crippen LogP contribution is 2.30. The van der Waals surface area contributed by atoms with Gasteiger partial charge in [-0.2, -0.15) is 0 Å². The first-order chi connectivity index (χ1) is 13.1. The second-order valence-electron chi connectivity index (χ2n) is 7.04. The molecule has 0 spiro atoms. The van der Waals surface area contributed by atoms with Gasteiger partial charge in [0.25, 0.3) is 0 Å². The number of hydrogen-bond donors (Lipinski definition) is 1. The van der Waals surface area contributed by atoms with E-state index in [-0.39, 0.29) is 12.1 Å². The predicted molar refractivity (Wildman–Crippen MR) is 105 cm³/mol. The summed E-state index contributed by atoms with van der Waals surface area (Å²) >= 11 is 0. The van der Waals surface area contributed by atoms with Gasteiger partial charge in [-0.3, -0.25) is 9.97 Å². The summed E-state index contributed by atoms with van der Waals surface area (Å²) in [5, 5.41) is 3.06. The molecule has 1 N–H and O–H groups in total. The van der Waals surface area contributed by atoms with Crippen molar-refractivity contribution in [3.05, 3.63) is 53.1 Å². The molecule has 1 atom stereocenters. The average molecular weight is 368 g/mol. The molecule has 1 saturated heterocycles. The van der Waals surface area contributed by atoms with Crippen LogP contribution in [-0.2, 0) is 6.54 Å². The Hall–Kier alpha value is -2.63. The highest BCUT2D eigenvalue weighted by Gasteiger charge is 2.26. The van der Waals surface area contributed by atoms with Crippen molar-refractivity contribution in [3.8, 4) is 5.75 Å². The number of urea groups is 1. The largest absolute Gasteiger partial charge is 0.496 e. The number of hydrogen-bond acceptors (Lipinski definition) is 4. The summed E-state index contributed by atoms with van der Waals surface area (Å²) in [6.07, 6.45) is 9.68. The number of pyridine rings is 2. The SMILES string of the molecule is COc1c(C)cnc(CNC(=O)N2CCCCCC2c2ccncc2)c1C. The van der Waals surface area contributed by atoms with Crippen LogP contribution in [0.15, 0.2) is 30.7 Å². The monoisotopic (exact) mass is 368 g/mol. The van der Waals surface area contributed by atoms with Gasteiger partial charge in [-0.05, 0) is 44.4 Å². The fourth-order valence-electron chi connectivity index (χ4n) is 3.79. The summed E-state index contributed by atoms with van der Waals surface area (Å²) in [7, 11) is 1.66. The third kappa shape index (κ3) is 4.38. The molecular weight excluding hydrogens is 340 g/mol. The molecule has 2 aromatic heterocycles. The minimum atomic E-state index is -0.0422. The smallest absolute Gasteiger partial charge is 0.318 e. The molecule has 0 aliphatic carbocycles. The molecule has 27 heavy (non-hydrogen) atoms. The number of likely N-dealkylation sites (tertiary alicyclic amines) is 1. The summed E-state index contributed by atoms with van der Waals surface area (Å²) in [4.78, 5) is 23.5. The minimum absolute atomic E-state index is 0.0422. The van der Waals surface area contributed by atoms with Crippen LogP contribution in [-0.4, -0.2) is 34.6 Å². The van der Waals surface area contributed by atoms with Crippen molar-refractivity contribution in [2.75, 3.05) is 13.7 Å². The van der Waals surface area contributed by atoms with Gasteiger partial charge in [0.15, 0.2) is 0 Å². The van der Waals surface area contributed by atoms with Crippen molar-refractivity contribution >= 4 is 6.03 Å². The molecular formula is C21H28N4O2. The fraction of sp³-hybridized carbons (Fsp3) is 0.476. The number of aromatic nitrogens is 2. The van der Waals surface area contributed by atoms with Crippen LogP contribution in [0.4, 0.5) is 4.79 Å². The van der Waals surface area contributed by atoms with E-state index in [4.69, 9.17) is 4.74 Å². The van der Waals surface area contributed by atoms with Gasteiger partial charge in [0, 0.05) is 36.3 Å². The number of nitrogens with zero attached hydrogens (tertiary/aromatic N) is 3. The maximum absolute atomic E-state index is 13.0. The van der Waals surface area contributed by atoms with E-state index in [1.54, 1.807) is 25.7 Å². The Morgan fingerprint density at radius 1 is 1.26 bits per heavy atom. The molecule has 6 nitrogen and oxygen atoms in total. The van der Waals surface area contributed by atoms with E-state index in [9.17, 15) is 4.79 Å². The number of ether oxygens (including phenoxy) is 1. The van der Waals surface area contributed by atoms with Crippen molar-refractivity contribution in [1.82, 2.24) is 20.2 Å². The zero-order chi connectivity index (χ0) is 19.2. The minimum Gasteiger partial charge on any atom is -0.496 e. The van der Waals surface area contributed by atoms with Gasteiger partial charge in [-0.25, -0.2) is 4.79 Å². The normalized spacial score (nSPS) is 17.3. The van der Waals surface area contributed by atoms with Crippen molar-refractivity contribution in [2.45, 2.75) is 52.1 Å². The topological polar surface area (TPSA) is 67.3 Å². The Kier molecular flexibility index (Phi) is 6.27. The van der Waals surface area contributed by atoms with Gasteiger partial charge >= 0.3 is 6.03 Å². The van der Waals surface area contributed by atoms with E-state index in [1.807, 2.05) is 30.9 Å². The molecule has 0 aromatic carbocycles. The summed E-state index contributed by atoms with van der Waals surface area (Å²) < 4.78 is 5.46. The maximum atomic E-state index is 13.0. The number of aryl methyl sites for hydroxylation is 1. The van der Waals surface area contributed by atoms with E-state index < -0.39 is 0 Å². The Labute approximate surface area is 161 Å². The summed E-state index contributed by atoms with van der Waals surface area (Å²) in [5.41, 5.74) is 3.95. The van der Waals surface area contributed by atoms with Crippen LogP contribution in [0.5, 0.6) is 5.75 Å². The molecule has 144 valence electrons. The Balaban J connectivity index is 1.74. The van der Waals surface area contributed by atoms with Gasteiger partial charge in [-0.1, -0.05) is 12.8 Å². The molecule has 0 saturated carbocycles. The first-order valence-corrected chi connectivity index (χ1v) is 9.55. The Bertz CT molecular complexity index is 779. The fourth-order valence-corrected chi connectivity index (χ4v) is 3.79. The number of amides is 2. The third-order valence-corrected chi connectivity index (χ3v) is 5.26. The first kappa shape index (κ1) is 19.1. The summed E-state index contributed by atoms with van der Waals surface area (Å²) in [6.45, 7) is 5.10. The average Bonchev–Trinajstić information content (AvgIpc) is 2.94. The maximum Gasteiger partial charge on any atom is 0.318 e. The molecule has 2 amide bonds. The quantitative estimate of drug-likeness (QED) is 0.888. The molecule has 1 unspecified atom stereocenters. The zero-order valence-electron chi connectivity index (χ0n) is 16.4. The Morgan fingerprint density at radius 2 is 2.04 bits per heavy atom. The molecule has 0 bridgehead atoms. The highest BCUT2D eigenvalue weighted by molar-refractivity contribution is 5.74. The van der Waals surface area contributed by atoms with Crippen LogP contribution in [0.2, 0.25) is 0 Å². The second kappa shape index (κ2) is 8.84. The van der Waals surface area contributed by atoms with Crippen molar-refractivity contribution in [1.29, 1.82) is 0 Å². The van der Waals surface area contributed by atoms with E-state index in [2.05, 4.69) is 15.3 Å². The van der Waals surface area contributed by atoms with Crippen LogP contribution in [0.25, 0.3) is 0 Å². The van der Waals surface area contributed by atoms with E-state index in [1.165, 1.54) is 0 Å². The number of nitrogens with one attached hydrogen (secondary N) is 1. The molecule has 0 radical (unpaired) electrons. The first-order valence-electron chi connectivity index (χ1n) is 9.55. The van der Waals surface area contributed by atoms with Gasteiger partial charge in [0.05, 0.1) is 25.4 Å². The van der Waals surface area contributed by atoms with Crippen molar-refractivity contribution in [2.24, 2.45) is 0 Å². The summed E-state index contributed by atoms with van der Waals surface area (Å²) in [6, 6.07) is 4.07. The lowest BCUT2D eigenvalue weighted by Crippen LogP contribution is -2.42. The van der Waals surface area contributed by atoms with Gasteiger partial charge in [0.2, 0.25) is 0 Å². The van der Waals surface area contributed by atoms with Crippen molar-refractivity contribution in [3.63, 3.8) is 0 Å². The van der Waals surface area contributed by atoms with E-state index in [0.717, 1.165) is 60.4 Å². The molecule has 6 heteroatoms. The molecule has 1 aliphatic rings. The van der Waals surface area contributed by atoms with Crippen LogP contribution < -0.4 is 10.1 Å². The predicted octanol–water partition coefficient (Wildman–Crippen LogP) is 3.93. The second-order valence-corrected chi connectivity index (χ2v) is 7.04. The van der Waals surface area contributed by atoms with Crippen molar-refractivity contribution < 1.29 is 9.53 Å². The van der Waals surface area contributed by atoms with Gasteiger partial charge in [-0.15, -0.1) is 0 Å². The molecule has 1 fully saturated rings. The molecule has 3 heterocycles. The lowest BCUT2D eigenvalue weighted by atomic mass is 10.0. The zero-order valence-corrected chi connectivity index (χ0v) is 16.4. The highest BCUT2D eigenvalue weighted by atomic mass is 16.5. The Morgan fingerprint density at radius 3 is 2.78 bits per heavy atom. The van der Waals surface area contributed by atoms with E-state index in [0.29, 0.717) is 6.54 Å². The lowest BCUT2D eigenvalue weighted by Gasteiger charge is -2.30. The number of methoxy groups -OCH3 is 1. The molecule has 3 rings (SSSR count). The number of rotatable bonds is 4. The van der Waals surface area contributed by atoms with Crippen LogP contribution in [0, 0.1) is 13.8 Å². The lowest BCUT2D eigenvalue weighted by molar-refractivity contribution is 0.175. The standard InChI is InChI=1S/C21H28N4O2/c1-15-13-23-18(16(2)20(15)27-3)14-24-21(26)25-12-6-4-5-7-19(25)17-8-10-22-11-9-17/h8-11,13,19H,4-7,12,14H2,1-3H3,(H,24,26). The van der Waals surface area contributed by atoms with Crippen LogP contribution >= 0.6 is 0 Å². The van der Waals surface area contributed by atoms with Gasteiger partial charge in [0.1, 0.15) is 5.75 Å². The van der Waals surface area contributed by atoms with E-state index >= 15 is 0 Å². The number of carbonyl (C=O) groups is 1. The van der Waals surface area contributed by atoms with Gasteiger partial charge < -0.3 is 15.0 Å². The van der Waals surface area contributed by atoms with Crippen LogP contribution in [0.3, 0.4) is 0 Å². The molecule has 1 aliphatic heterocycles. The number of carbonyl (C=O) groups excluding carboxylic acids is 1. The molecule has 2 aromatic rings. The third-order valence-electron chi connectivity index (χ3n) is 5.26. The summed E-state index contributed by atoms with van der Waals surface area (Å²) in [5.74, 6) is 0.832. The van der Waals surface area contributed by atoms with Crippen LogP contribution in [0.1, 0.15) is 54.1 Å².